The molecule has 10 atom stereocenters. The summed E-state index contributed by atoms with van der Waals surface area (Å²) in [5, 5.41) is 0. The van der Waals surface area contributed by atoms with Crippen LogP contribution in [-0.2, 0) is 9.53 Å². The first-order chi connectivity index (χ1) is 15.6. The highest BCUT2D eigenvalue weighted by Crippen LogP contribution is 2.69. The molecule has 4 aliphatic rings. The van der Waals surface area contributed by atoms with Gasteiger partial charge in [0.25, 0.3) is 0 Å². The summed E-state index contributed by atoms with van der Waals surface area (Å²) in [6, 6.07) is 0. The molecule has 0 radical (unpaired) electrons. The lowest BCUT2D eigenvalue weighted by Crippen LogP contribution is -2.51. The molecule has 4 rings (SSSR count). The van der Waals surface area contributed by atoms with E-state index in [1.54, 1.807) is 6.92 Å². The van der Waals surface area contributed by atoms with Crippen molar-refractivity contribution < 1.29 is 9.53 Å². The van der Waals surface area contributed by atoms with Gasteiger partial charge in [-0.25, -0.2) is 0 Å². The van der Waals surface area contributed by atoms with Crippen LogP contribution in [0.2, 0.25) is 0 Å². The highest BCUT2D eigenvalue weighted by Gasteiger charge is 2.62. The molecule has 0 saturated heterocycles. The number of ether oxygens (including phenoxy) is 1. The summed E-state index contributed by atoms with van der Waals surface area (Å²) >= 11 is 0. The summed E-state index contributed by atoms with van der Waals surface area (Å²) in [5.74, 6) is 7.04. The van der Waals surface area contributed by atoms with Crippen LogP contribution < -0.4 is 0 Å². The molecule has 0 N–H and O–H groups in total. The molecule has 0 aliphatic heterocycles. The van der Waals surface area contributed by atoms with Crippen molar-refractivity contribution in [3.63, 3.8) is 0 Å². The number of hydrogen-bond donors (Lipinski definition) is 0. The molecule has 188 valence electrons. The summed E-state index contributed by atoms with van der Waals surface area (Å²) < 4.78 is 5.50. The monoisotopic (exact) mass is 456 g/mol. The van der Waals surface area contributed by atoms with Crippen molar-refractivity contribution in [1.82, 2.24) is 0 Å². The summed E-state index contributed by atoms with van der Waals surface area (Å²) in [7, 11) is 0. The lowest BCUT2D eigenvalue weighted by atomic mass is 9.47. The van der Waals surface area contributed by atoms with Gasteiger partial charge < -0.3 is 4.74 Å². The minimum Gasteiger partial charge on any atom is -0.466 e. The molecule has 33 heavy (non-hydrogen) atoms. The number of allylic oxidation sites excluding steroid dienone is 2. The molecule has 4 saturated carbocycles. The lowest BCUT2D eigenvalue weighted by molar-refractivity contribution is -0.144. The van der Waals surface area contributed by atoms with Crippen LogP contribution in [0.3, 0.4) is 0 Å². The topological polar surface area (TPSA) is 26.3 Å². The van der Waals surface area contributed by atoms with Crippen molar-refractivity contribution in [3.05, 3.63) is 12.2 Å². The second-order valence-corrected chi connectivity index (χ2v) is 13.5. The summed E-state index contributed by atoms with van der Waals surface area (Å²) in [6.07, 6.45) is 17.6. The predicted molar refractivity (Wildman–Crippen MR) is 138 cm³/mol. The minimum atomic E-state index is -0.107. The van der Waals surface area contributed by atoms with E-state index in [-0.39, 0.29) is 5.97 Å². The van der Waals surface area contributed by atoms with Crippen LogP contribution >= 0.6 is 0 Å². The van der Waals surface area contributed by atoms with Gasteiger partial charge in [-0.15, -0.1) is 0 Å². The molecular weight excluding hydrogens is 404 g/mol. The zero-order chi connectivity index (χ0) is 24.0. The molecule has 0 heterocycles. The van der Waals surface area contributed by atoms with Crippen LogP contribution in [0.15, 0.2) is 12.2 Å². The normalized spacial score (nSPS) is 44.4. The van der Waals surface area contributed by atoms with Gasteiger partial charge in [0.05, 0.1) is 6.61 Å². The Bertz CT molecular complexity index is 724. The number of fused-ring (bicyclic) bond motifs is 5. The van der Waals surface area contributed by atoms with E-state index in [4.69, 9.17) is 4.74 Å². The molecule has 10 unspecified atom stereocenters. The average Bonchev–Trinajstić information content (AvgIpc) is 3.29. The standard InChI is InChI=1S/C31H52O2/c1-8-23(20(2)3)10-9-21(4)26-13-14-28-25-11-12-27-24(19-33-22(5)32)15-17-31(27,7)29(25)16-18-30(26,28)6/h9-10,20-21,23-29H,8,11-19H2,1-7H3. The highest BCUT2D eigenvalue weighted by molar-refractivity contribution is 5.65. The van der Waals surface area contributed by atoms with Crippen LogP contribution in [0, 0.1) is 64.1 Å². The van der Waals surface area contributed by atoms with Gasteiger partial charge in [-0.3, -0.25) is 4.79 Å². The third-order valence-electron chi connectivity index (χ3n) is 11.8. The fraction of sp³-hybridized carbons (Fsp3) is 0.903. The maximum atomic E-state index is 11.4. The van der Waals surface area contributed by atoms with Gasteiger partial charge in [0.2, 0.25) is 0 Å². The van der Waals surface area contributed by atoms with Crippen LogP contribution in [0.25, 0.3) is 0 Å². The lowest BCUT2D eigenvalue weighted by Gasteiger charge is -2.58. The fourth-order valence-corrected chi connectivity index (χ4v) is 9.94. The molecule has 0 aromatic rings. The molecule has 4 fully saturated rings. The Morgan fingerprint density at radius 3 is 2.24 bits per heavy atom. The van der Waals surface area contributed by atoms with Gasteiger partial charge in [-0.2, -0.15) is 0 Å². The zero-order valence-electron chi connectivity index (χ0n) is 22.7. The van der Waals surface area contributed by atoms with Gasteiger partial charge in [0.15, 0.2) is 0 Å². The van der Waals surface area contributed by atoms with Gasteiger partial charge >= 0.3 is 5.97 Å². The molecule has 2 nitrogen and oxygen atoms in total. The molecular formula is C31H52O2. The molecule has 0 aromatic carbocycles. The Hall–Kier alpha value is -0.790. The summed E-state index contributed by atoms with van der Waals surface area (Å²) in [4.78, 5) is 11.4. The highest BCUT2D eigenvalue weighted by atomic mass is 16.5. The summed E-state index contributed by atoms with van der Waals surface area (Å²) in [6.45, 7) is 17.1. The average molecular weight is 457 g/mol. The van der Waals surface area contributed by atoms with Crippen molar-refractivity contribution in [1.29, 1.82) is 0 Å². The number of hydrogen-bond acceptors (Lipinski definition) is 2. The first-order valence-corrected chi connectivity index (χ1v) is 14.4. The Labute approximate surface area is 204 Å². The maximum Gasteiger partial charge on any atom is 0.302 e. The zero-order valence-corrected chi connectivity index (χ0v) is 22.7. The van der Waals surface area contributed by atoms with E-state index in [2.05, 4.69) is 53.7 Å². The maximum absolute atomic E-state index is 11.4. The van der Waals surface area contributed by atoms with E-state index in [0.717, 1.165) is 41.4 Å². The first kappa shape index (κ1) is 25.3. The van der Waals surface area contributed by atoms with Gasteiger partial charge in [-0.05, 0) is 122 Å². The minimum absolute atomic E-state index is 0.107. The van der Waals surface area contributed by atoms with E-state index in [0.29, 0.717) is 29.3 Å². The predicted octanol–water partition coefficient (Wildman–Crippen LogP) is 8.31. The second-order valence-electron chi connectivity index (χ2n) is 13.5. The Balaban J connectivity index is 1.46. The largest absolute Gasteiger partial charge is 0.466 e. The number of carbonyl (C=O) groups is 1. The van der Waals surface area contributed by atoms with Crippen molar-refractivity contribution >= 4 is 5.97 Å². The van der Waals surface area contributed by atoms with E-state index in [9.17, 15) is 4.79 Å². The third kappa shape index (κ3) is 4.47. The van der Waals surface area contributed by atoms with Crippen molar-refractivity contribution in [3.8, 4) is 0 Å². The van der Waals surface area contributed by atoms with E-state index in [1.165, 1.54) is 57.8 Å². The van der Waals surface area contributed by atoms with Gasteiger partial charge in [-0.1, -0.05) is 53.7 Å². The molecule has 4 aliphatic carbocycles. The Kier molecular flexibility index (Phi) is 7.43. The summed E-state index contributed by atoms with van der Waals surface area (Å²) in [5.41, 5.74) is 1.01. The van der Waals surface area contributed by atoms with E-state index < -0.39 is 0 Å². The van der Waals surface area contributed by atoms with Crippen LogP contribution in [0.4, 0.5) is 0 Å². The number of carbonyl (C=O) groups excluding carboxylic acids is 1. The molecule has 0 bridgehead atoms. The van der Waals surface area contributed by atoms with Gasteiger partial charge in [0.1, 0.15) is 0 Å². The molecule has 0 aromatic heterocycles. The van der Waals surface area contributed by atoms with Crippen LogP contribution in [0.1, 0.15) is 106 Å². The van der Waals surface area contributed by atoms with E-state index in [1.807, 2.05) is 0 Å². The number of esters is 1. The van der Waals surface area contributed by atoms with Crippen molar-refractivity contribution in [2.24, 2.45) is 64.1 Å². The third-order valence-corrected chi connectivity index (χ3v) is 11.8. The Morgan fingerprint density at radius 2 is 1.58 bits per heavy atom. The van der Waals surface area contributed by atoms with Crippen molar-refractivity contribution in [2.75, 3.05) is 6.61 Å². The Morgan fingerprint density at radius 1 is 0.909 bits per heavy atom. The number of rotatable bonds is 7. The van der Waals surface area contributed by atoms with Gasteiger partial charge in [0, 0.05) is 6.92 Å². The van der Waals surface area contributed by atoms with Crippen molar-refractivity contribution in [2.45, 2.75) is 106 Å². The quantitative estimate of drug-likeness (QED) is 0.284. The SMILES string of the molecule is CCC(C=CC(C)C1CCC2C3CCC4C(COC(C)=O)CCC4(C)C3CCC12C)C(C)C. The van der Waals surface area contributed by atoms with Crippen LogP contribution in [0.5, 0.6) is 0 Å². The first-order valence-electron chi connectivity index (χ1n) is 14.4. The molecule has 2 heteroatoms. The smallest absolute Gasteiger partial charge is 0.302 e. The second kappa shape index (κ2) is 9.69. The molecule has 0 amide bonds. The van der Waals surface area contributed by atoms with E-state index >= 15 is 0 Å². The fourth-order valence-electron chi connectivity index (χ4n) is 9.94. The molecule has 0 spiro atoms. The van der Waals surface area contributed by atoms with Crippen LogP contribution in [-0.4, -0.2) is 12.6 Å².